The smallest absolute Gasteiger partial charge is 0.270 e. The van der Waals surface area contributed by atoms with Gasteiger partial charge in [0.25, 0.3) is 11.6 Å². The number of amides is 1. The molecule has 2 aromatic carbocycles. The Bertz CT molecular complexity index is 976. The van der Waals surface area contributed by atoms with E-state index in [1.54, 1.807) is 17.0 Å². The van der Waals surface area contributed by atoms with E-state index >= 15 is 0 Å². The number of carbonyl (C=O) groups excluding carboxylic acids is 1. The Kier molecular flexibility index (Phi) is 5.76. The fourth-order valence-corrected chi connectivity index (χ4v) is 3.41. The number of hydrogen-bond donors (Lipinski definition) is 1. The summed E-state index contributed by atoms with van der Waals surface area (Å²) in [5.41, 5.74) is 0.409. The van der Waals surface area contributed by atoms with Gasteiger partial charge in [-0.2, -0.15) is 5.26 Å². The second kappa shape index (κ2) is 8.23. The van der Waals surface area contributed by atoms with Crippen molar-refractivity contribution < 1.29 is 14.1 Å². The molecule has 3 rings (SSSR count). The maximum Gasteiger partial charge on any atom is 0.270 e. The van der Waals surface area contributed by atoms with E-state index in [4.69, 9.17) is 16.9 Å². The number of nitrogens with zero attached hydrogens (tertiary/aromatic N) is 3. The minimum Gasteiger partial charge on any atom is -0.367 e. The molecule has 0 spiro atoms. The molecule has 1 amide bonds. The molecule has 28 heavy (non-hydrogen) atoms. The average molecular weight is 403 g/mol. The van der Waals surface area contributed by atoms with Crippen molar-refractivity contribution in [2.24, 2.45) is 0 Å². The molecule has 0 aromatic heterocycles. The van der Waals surface area contributed by atoms with Gasteiger partial charge in [-0.3, -0.25) is 14.9 Å². The van der Waals surface area contributed by atoms with Crippen LogP contribution in [0.15, 0.2) is 36.4 Å². The van der Waals surface area contributed by atoms with Crippen molar-refractivity contribution in [3.63, 3.8) is 0 Å². The highest BCUT2D eigenvalue weighted by molar-refractivity contribution is 6.34. The highest BCUT2D eigenvalue weighted by Gasteiger charge is 2.25. The van der Waals surface area contributed by atoms with Crippen molar-refractivity contribution in [3.05, 3.63) is 68.5 Å². The van der Waals surface area contributed by atoms with Gasteiger partial charge in [0.05, 0.1) is 32.8 Å². The topological polar surface area (TPSA) is 99.3 Å². The van der Waals surface area contributed by atoms with Crippen LogP contribution < -0.4 is 10.2 Å². The third-order valence-electron chi connectivity index (χ3n) is 4.58. The summed E-state index contributed by atoms with van der Waals surface area (Å²) in [5.74, 6) is -1.01. The number of nitrogens with one attached hydrogen (secondary N) is 1. The molecular formula is C19H16ClFN4O3. The van der Waals surface area contributed by atoms with Crippen molar-refractivity contribution in [2.75, 3.05) is 18.0 Å². The number of piperidine rings is 1. The van der Waals surface area contributed by atoms with Crippen LogP contribution in [0.25, 0.3) is 0 Å². The van der Waals surface area contributed by atoms with E-state index in [0.29, 0.717) is 25.2 Å². The van der Waals surface area contributed by atoms with Gasteiger partial charge in [0.2, 0.25) is 0 Å². The summed E-state index contributed by atoms with van der Waals surface area (Å²) in [6.07, 6.45) is 1.42. The zero-order valence-electron chi connectivity index (χ0n) is 14.7. The Labute approximate surface area is 165 Å². The number of rotatable bonds is 4. The van der Waals surface area contributed by atoms with Gasteiger partial charge in [0, 0.05) is 31.3 Å². The lowest BCUT2D eigenvalue weighted by molar-refractivity contribution is -0.384. The zero-order valence-corrected chi connectivity index (χ0v) is 15.4. The van der Waals surface area contributed by atoms with E-state index in [2.05, 4.69) is 5.32 Å². The van der Waals surface area contributed by atoms with E-state index in [0.717, 1.165) is 12.5 Å². The maximum atomic E-state index is 14.3. The molecule has 1 atom stereocenters. The largest absolute Gasteiger partial charge is 0.367 e. The molecule has 0 bridgehead atoms. The Morgan fingerprint density at radius 3 is 2.82 bits per heavy atom. The van der Waals surface area contributed by atoms with Gasteiger partial charge < -0.3 is 10.2 Å². The summed E-state index contributed by atoms with van der Waals surface area (Å²) >= 11 is 6.02. The first-order valence-electron chi connectivity index (χ1n) is 8.58. The van der Waals surface area contributed by atoms with Crippen molar-refractivity contribution in [2.45, 2.75) is 18.9 Å². The minimum atomic E-state index is -0.594. The van der Waals surface area contributed by atoms with E-state index < -0.39 is 16.6 Å². The number of halogens is 2. The number of hydrogen-bond acceptors (Lipinski definition) is 5. The van der Waals surface area contributed by atoms with Crippen LogP contribution in [0.2, 0.25) is 5.02 Å². The van der Waals surface area contributed by atoms with E-state index in [-0.39, 0.29) is 27.9 Å². The normalized spacial score (nSPS) is 16.3. The summed E-state index contributed by atoms with van der Waals surface area (Å²) in [7, 11) is 0. The zero-order chi connectivity index (χ0) is 20.3. The van der Waals surface area contributed by atoms with Crippen molar-refractivity contribution in [1.29, 1.82) is 5.26 Å². The van der Waals surface area contributed by atoms with Gasteiger partial charge in [0.1, 0.15) is 5.82 Å². The van der Waals surface area contributed by atoms with Crippen LogP contribution >= 0.6 is 11.6 Å². The lowest BCUT2D eigenvalue weighted by Crippen LogP contribution is -2.48. The van der Waals surface area contributed by atoms with Gasteiger partial charge in [-0.25, -0.2) is 4.39 Å². The van der Waals surface area contributed by atoms with Crippen LogP contribution in [0.5, 0.6) is 0 Å². The van der Waals surface area contributed by atoms with Gasteiger partial charge in [-0.1, -0.05) is 11.6 Å². The SMILES string of the molecule is N#Cc1ccc(N2CCCC(NC(=O)c3cc([N+](=O)[O-])ccc3Cl)C2)c(F)c1. The fraction of sp³-hybridized carbons (Fsp3) is 0.263. The number of nitriles is 1. The van der Waals surface area contributed by atoms with Crippen LogP contribution in [0.1, 0.15) is 28.8 Å². The standard InChI is InChI=1S/C19H16ClFN4O3/c20-16-5-4-14(25(27)28)9-15(16)19(26)23-13-2-1-7-24(11-13)18-6-3-12(10-22)8-17(18)21/h3-6,8-9,13H,1-2,7,11H2,(H,23,26). The Hall–Kier alpha value is -3.18. The van der Waals surface area contributed by atoms with Gasteiger partial charge in [-0.05, 0) is 37.1 Å². The lowest BCUT2D eigenvalue weighted by atomic mass is 10.0. The third kappa shape index (κ3) is 4.21. The Morgan fingerprint density at radius 2 is 2.14 bits per heavy atom. The molecule has 1 heterocycles. The Morgan fingerprint density at radius 1 is 1.36 bits per heavy atom. The highest BCUT2D eigenvalue weighted by Crippen LogP contribution is 2.25. The first-order valence-corrected chi connectivity index (χ1v) is 8.96. The molecule has 1 saturated heterocycles. The highest BCUT2D eigenvalue weighted by atomic mass is 35.5. The predicted octanol–water partition coefficient (Wildman–Crippen LogP) is 3.66. The van der Waals surface area contributed by atoms with Crippen LogP contribution in [0, 0.1) is 27.3 Å². The van der Waals surface area contributed by atoms with E-state index in [1.807, 2.05) is 6.07 Å². The Balaban J connectivity index is 1.73. The van der Waals surface area contributed by atoms with Crippen LogP contribution in [0.3, 0.4) is 0 Å². The van der Waals surface area contributed by atoms with Crippen molar-refractivity contribution in [3.8, 4) is 6.07 Å². The molecule has 2 aromatic rings. The summed E-state index contributed by atoms with van der Waals surface area (Å²) in [4.78, 5) is 24.7. The number of anilines is 1. The molecule has 7 nitrogen and oxygen atoms in total. The van der Waals surface area contributed by atoms with Crippen molar-refractivity contribution >= 4 is 28.9 Å². The summed E-state index contributed by atoms with van der Waals surface area (Å²) in [6.45, 7) is 0.994. The molecule has 1 N–H and O–H groups in total. The second-order valence-corrected chi connectivity index (χ2v) is 6.87. The van der Waals surface area contributed by atoms with E-state index in [9.17, 15) is 19.3 Å². The minimum absolute atomic E-state index is 0.0255. The first-order chi connectivity index (χ1) is 13.4. The summed E-state index contributed by atoms with van der Waals surface area (Å²) in [5, 5.41) is 22.7. The molecule has 1 aliphatic rings. The van der Waals surface area contributed by atoms with Crippen LogP contribution in [-0.2, 0) is 0 Å². The first kappa shape index (κ1) is 19.6. The lowest BCUT2D eigenvalue weighted by Gasteiger charge is -2.35. The molecule has 1 aliphatic heterocycles. The molecule has 0 saturated carbocycles. The van der Waals surface area contributed by atoms with Crippen LogP contribution in [-0.4, -0.2) is 30.0 Å². The maximum absolute atomic E-state index is 14.3. The molecule has 9 heteroatoms. The fourth-order valence-electron chi connectivity index (χ4n) is 3.21. The molecule has 1 fully saturated rings. The van der Waals surface area contributed by atoms with E-state index in [1.165, 1.54) is 18.2 Å². The summed E-state index contributed by atoms with van der Waals surface area (Å²) < 4.78 is 14.3. The quantitative estimate of drug-likeness (QED) is 0.621. The molecule has 0 aliphatic carbocycles. The average Bonchev–Trinajstić information content (AvgIpc) is 2.68. The predicted molar refractivity (Wildman–Crippen MR) is 102 cm³/mol. The number of nitro benzene ring substituents is 1. The number of non-ortho nitro benzene ring substituents is 1. The van der Waals surface area contributed by atoms with Crippen LogP contribution in [0.4, 0.5) is 15.8 Å². The summed E-state index contributed by atoms with van der Waals surface area (Å²) in [6, 6.07) is 9.58. The van der Waals surface area contributed by atoms with Gasteiger partial charge in [-0.15, -0.1) is 0 Å². The monoisotopic (exact) mass is 402 g/mol. The third-order valence-corrected chi connectivity index (χ3v) is 4.91. The molecular weight excluding hydrogens is 387 g/mol. The molecule has 0 radical (unpaired) electrons. The number of nitro groups is 1. The number of benzene rings is 2. The molecule has 1 unspecified atom stereocenters. The van der Waals surface area contributed by atoms with Crippen molar-refractivity contribution in [1.82, 2.24) is 5.32 Å². The van der Waals surface area contributed by atoms with Gasteiger partial charge >= 0.3 is 0 Å². The molecule has 144 valence electrons. The van der Waals surface area contributed by atoms with Gasteiger partial charge in [0.15, 0.2) is 0 Å². The second-order valence-electron chi connectivity index (χ2n) is 6.46. The number of carbonyl (C=O) groups is 1.